The summed E-state index contributed by atoms with van der Waals surface area (Å²) in [6.45, 7) is 6.68. The van der Waals surface area contributed by atoms with Gasteiger partial charge in [0.15, 0.2) is 0 Å². The van der Waals surface area contributed by atoms with Crippen LogP contribution in [0.15, 0.2) is 18.2 Å². The van der Waals surface area contributed by atoms with E-state index in [1.54, 1.807) is 12.1 Å². The van der Waals surface area contributed by atoms with Gasteiger partial charge in [-0.1, -0.05) is 17.9 Å². The monoisotopic (exact) mass is 271 g/mol. The van der Waals surface area contributed by atoms with Crippen LogP contribution in [0.5, 0.6) is 0 Å². The first-order valence-electron chi connectivity index (χ1n) is 6.51. The molecule has 2 rings (SSSR count). The highest BCUT2D eigenvalue weighted by molar-refractivity contribution is 5.37. The molecule has 0 aliphatic rings. The summed E-state index contributed by atoms with van der Waals surface area (Å²) in [7, 11) is 0. The Hall–Kier alpha value is -2.12. The van der Waals surface area contributed by atoms with Crippen molar-refractivity contribution in [2.75, 3.05) is 6.54 Å². The topological polar surface area (TPSA) is 43.8 Å². The van der Waals surface area contributed by atoms with Gasteiger partial charge in [-0.2, -0.15) is 5.10 Å². The van der Waals surface area contributed by atoms with Crippen molar-refractivity contribution in [3.8, 4) is 11.8 Å². The van der Waals surface area contributed by atoms with Gasteiger partial charge in [-0.15, -0.1) is 0 Å². The van der Waals surface area contributed by atoms with Gasteiger partial charge >= 0.3 is 0 Å². The minimum Gasteiger partial charge on any atom is -0.320 e. The number of rotatable bonds is 2. The van der Waals surface area contributed by atoms with E-state index in [0.29, 0.717) is 17.7 Å². The van der Waals surface area contributed by atoms with Crippen LogP contribution in [0.4, 0.5) is 4.39 Å². The van der Waals surface area contributed by atoms with Crippen LogP contribution in [0.1, 0.15) is 28.1 Å². The Labute approximate surface area is 118 Å². The smallest absolute Gasteiger partial charge is 0.129 e. The lowest BCUT2D eigenvalue weighted by Crippen LogP contribution is -2.06. The zero-order chi connectivity index (χ0) is 14.7. The number of nitrogens with two attached hydrogens (primary N) is 1. The van der Waals surface area contributed by atoms with Crippen LogP contribution in [0, 0.1) is 38.4 Å². The fraction of sp³-hybridized carbons (Fsp3) is 0.312. The molecular weight excluding hydrogens is 253 g/mol. The largest absolute Gasteiger partial charge is 0.320 e. The van der Waals surface area contributed by atoms with Crippen molar-refractivity contribution in [3.05, 3.63) is 52.1 Å². The summed E-state index contributed by atoms with van der Waals surface area (Å²) in [5.74, 6) is 5.27. The van der Waals surface area contributed by atoms with Crippen LogP contribution < -0.4 is 5.73 Å². The highest BCUT2D eigenvalue weighted by atomic mass is 19.1. The molecule has 1 heterocycles. The Bertz CT molecular complexity index is 690. The molecule has 0 radical (unpaired) electrons. The Morgan fingerprint density at radius 2 is 2.05 bits per heavy atom. The van der Waals surface area contributed by atoms with Crippen molar-refractivity contribution < 1.29 is 4.39 Å². The first kappa shape index (κ1) is 14.3. The van der Waals surface area contributed by atoms with E-state index in [-0.39, 0.29) is 12.4 Å². The fourth-order valence-electron chi connectivity index (χ4n) is 2.01. The van der Waals surface area contributed by atoms with E-state index >= 15 is 0 Å². The molecule has 1 aromatic heterocycles. The molecule has 1 aromatic carbocycles. The third kappa shape index (κ3) is 2.89. The number of aromatic nitrogens is 2. The van der Waals surface area contributed by atoms with Crippen molar-refractivity contribution in [1.82, 2.24) is 9.78 Å². The van der Waals surface area contributed by atoms with E-state index in [0.717, 1.165) is 17.0 Å². The predicted molar refractivity (Wildman–Crippen MR) is 77.9 cm³/mol. The average Bonchev–Trinajstić information content (AvgIpc) is 2.67. The molecule has 4 heteroatoms. The first-order chi connectivity index (χ1) is 9.52. The zero-order valence-electron chi connectivity index (χ0n) is 12.0. The summed E-state index contributed by atoms with van der Waals surface area (Å²) >= 11 is 0. The second-order valence-corrected chi connectivity index (χ2v) is 4.77. The molecule has 0 unspecified atom stereocenters. The molecule has 0 bridgehead atoms. The van der Waals surface area contributed by atoms with E-state index in [2.05, 4.69) is 16.9 Å². The molecule has 0 spiro atoms. The second kappa shape index (κ2) is 5.89. The summed E-state index contributed by atoms with van der Waals surface area (Å²) in [6.07, 6.45) is 0. The van der Waals surface area contributed by atoms with Crippen molar-refractivity contribution in [2.24, 2.45) is 5.73 Å². The summed E-state index contributed by atoms with van der Waals surface area (Å²) < 4.78 is 15.9. The molecule has 0 saturated carbocycles. The van der Waals surface area contributed by atoms with Crippen LogP contribution in [0.3, 0.4) is 0 Å². The number of hydrogen-bond acceptors (Lipinski definition) is 2. The standard InChI is InChI=1S/C16H18FN3/c1-11-12(2)19-20(13(11)3)10-15-7-6-14(5-4-8-18)9-16(15)17/h6-7,9H,8,10,18H2,1-3H3. The average molecular weight is 271 g/mol. The lowest BCUT2D eigenvalue weighted by Gasteiger charge is -2.06. The maximum atomic E-state index is 14.1. The Morgan fingerprint density at radius 3 is 2.60 bits per heavy atom. The van der Waals surface area contributed by atoms with Gasteiger partial charge in [0.05, 0.1) is 18.8 Å². The van der Waals surface area contributed by atoms with E-state index in [1.807, 2.05) is 25.5 Å². The molecule has 2 aromatic rings. The number of hydrogen-bond donors (Lipinski definition) is 1. The van der Waals surface area contributed by atoms with Crippen LogP contribution in [0.2, 0.25) is 0 Å². The van der Waals surface area contributed by atoms with E-state index in [9.17, 15) is 4.39 Å². The summed E-state index contributed by atoms with van der Waals surface area (Å²) in [4.78, 5) is 0. The van der Waals surface area contributed by atoms with Crippen molar-refractivity contribution in [2.45, 2.75) is 27.3 Å². The Kier molecular flexibility index (Phi) is 4.21. The number of benzene rings is 1. The quantitative estimate of drug-likeness (QED) is 0.852. The van der Waals surface area contributed by atoms with Gasteiger partial charge in [0.2, 0.25) is 0 Å². The van der Waals surface area contributed by atoms with Crippen LogP contribution in [0.25, 0.3) is 0 Å². The lowest BCUT2D eigenvalue weighted by molar-refractivity contribution is 0.578. The van der Waals surface area contributed by atoms with Gasteiger partial charge in [-0.3, -0.25) is 4.68 Å². The van der Waals surface area contributed by atoms with Crippen LogP contribution in [-0.2, 0) is 6.54 Å². The second-order valence-electron chi connectivity index (χ2n) is 4.77. The molecule has 0 atom stereocenters. The highest BCUT2D eigenvalue weighted by Crippen LogP contribution is 2.16. The van der Waals surface area contributed by atoms with Gasteiger partial charge in [-0.25, -0.2) is 4.39 Å². The molecule has 0 saturated heterocycles. The first-order valence-corrected chi connectivity index (χ1v) is 6.51. The van der Waals surface area contributed by atoms with Crippen molar-refractivity contribution in [3.63, 3.8) is 0 Å². The Balaban J connectivity index is 2.28. The number of aryl methyl sites for hydroxylation is 1. The molecular formula is C16H18FN3. The van der Waals surface area contributed by atoms with Gasteiger partial charge in [-0.05, 0) is 38.5 Å². The maximum absolute atomic E-state index is 14.1. The molecule has 0 aliphatic carbocycles. The lowest BCUT2D eigenvalue weighted by atomic mass is 10.1. The number of halogens is 1. The third-order valence-corrected chi connectivity index (χ3v) is 3.45. The summed E-state index contributed by atoms with van der Waals surface area (Å²) in [6, 6.07) is 5.00. The SMILES string of the molecule is Cc1nn(Cc2ccc(C#CCN)cc2F)c(C)c1C. The van der Waals surface area contributed by atoms with Gasteiger partial charge in [0, 0.05) is 16.8 Å². The van der Waals surface area contributed by atoms with Gasteiger partial charge < -0.3 is 5.73 Å². The minimum absolute atomic E-state index is 0.265. The van der Waals surface area contributed by atoms with Crippen LogP contribution in [-0.4, -0.2) is 16.3 Å². The molecule has 0 aliphatic heterocycles. The van der Waals surface area contributed by atoms with Gasteiger partial charge in [0.25, 0.3) is 0 Å². The normalized spacial score (nSPS) is 10.2. The number of nitrogens with zero attached hydrogens (tertiary/aromatic N) is 2. The zero-order valence-corrected chi connectivity index (χ0v) is 12.0. The third-order valence-electron chi connectivity index (χ3n) is 3.45. The molecule has 20 heavy (non-hydrogen) atoms. The Morgan fingerprint density at radius 1 is 1.30 bits per heavy atom. The van der Waals surface area contributed by atoms with E-state index in [4.69, 9.17) is 5.73 Å². The molecule has 3 nitrogen and oxygen atoms in total. The minimum atomic E-state index is -0.265. The predicted octanol–water partition coefficient (Wildman–Crippen LogP) is 2.31. The van der Waals surface area contributed by atoms with Crippen molar-refractivity contribution in [1.29, 1.82) is 0 Å². The molecule has 104 valence electrons. The maximum Gasteiger partial charge on any atom is 0.129 e. The summed E-state index contributed by atoms with van der Waals surface area (Å²) in [5.41, 5.74) is 9.74. The molecule has 0 fully saturated rings. The molecule has 0 amide bonds. The van der Waals surface area contributed by atoms with Gasteiger partial charge in [0.1, 0.15) is 5.82 Å². The highest BCUT2D eigenvalue weighted by Gasteiger charge is 2.10. The molecule has 2 N–H and O–H groups in total. The van der Waals surface area contributed by atoms with Crippen molar-refractivity contribution >= 4 is 0 Å². The van der Waals surface area contributed by atoms with Crippen LogP contribution >= 0.6 is 0 Å². The fourth-order valence-corrected chi connectivity index (χ4v) is 2.01. The van der Waals surface area contributed by atoms with E-state index < -0.39 is 0 Å². The summed E-state index contributed by atoms with van der Waals surface area (Å²) in [5, 5.41) is 4.42. The van der Waals surface area contributed by atoms with E-state index in [1.165, 1.54) is 6.07 Å².